The Balaban J connectivity index is 3.17. The first-order valence-electron chi connectivity index (χ1n) is 4.25. The van der Waals surface area contributed by atoms with Crippen LogP contribution in [0.15, 0.2) is 22.7 Å². The molecule has 0 amide bonds. The van der Waals surface area contributed by atoms with E-state index in [-0.39, 0.29) is 6.61 Å². The van der Waals surface area contributed by atoms with Gasteiger partial charge in [-0.3, -0.25) is 0 Å². The smallest absolute Gasteiger partial charge is 0.337 e. The van der Waals surface area contributed by atoms with E-state index in [2.05, 4.69) is 15.9 Å². The van der Waals surface area contributed by atoms with Gasteiger partial charge in [0, 0.05) is 17.1 Å². The molecule has 1 unspecified atom stereocenters. The summed E-state index contributed by atoms with van der Waals surface area (Å²) in [5, 5.41) is 18.2. The zero-order valence-corrected chi connectivity index (χ0v) is 9.69. The highest BCUT2D eigenvalue weighted by molar-refractivity contribution is 9.10. The van der Waals surface area contributed by atoms with E-state index in [1.807, 2.05) is 0 Å². The largest absolute Gasteiger partial charge is 0.479 e. The van der Waals surface area contributed by atoms with Crippen molar-refractivity contribution < 1.29 is 19.7 Å². The summed E-state index contributed by atoms with van der Waals surface area (Å²) in [5.41, 5.74) is 0.994. The summed E-state index contributed by atoms with van der Waals surface area (Å²) in [6, 6.07) is 5.16. The quantitative estimate of drug-likeness (QED) is 0.877. The summed E-state index contributed by atoms with van der Waals surface area (Å²) >= 11 is 3.21. The highest BCUT2D eigenvalue weighted by Crippen LogP contribution is 2.27. The number of halogens is 1. The molecule has 1 aromatic carbocycles. The first kappa shape index (κ1) is 12.2. The summed E-state index contributed by atoms with van der Waals surface area (Å²) in [4.78, 5) is 10.7. The molecule has 0 aliphatic rings. The summed E-state index contributed by atoms with van der Waals surface area (Å²) in [6.45, 7) is 0.263. The average molecular weight is 275 g/mol. The molecule has 0 spiro atoms. The third-order valence-corrected chi connectivity index (χ3v) is 2.64. The summed E-state index contributed by atoms with van der Waals surface area (Å²) in [6.07, 6.45) is -1.54. The van der Waals surface area contributed by atoms with E-state index in [1.165, 1.54) is 7.11 Å². The molecule has 1 rings (SSSR count). The van der Waals surface area contributed by atoms with E-state index < -0.39 is 12.1 Å². The second-order valence-corrected chi connectivity index (χ2v) is 3.84. The number of aliphatic hydroxyl groups is 1. The van der Waals surface area contributed by atoms with E-state index in [0.717, 1.165) is 0 Å². The Morgan fingerprint density at radius 2 is 2.27 bits per heavy atom. The minimum atomic E-state index is -1.54. The molecular weight excluding hydrogens is 264 g/mol. The molecule has 5 heteroatoms. The van der Waals surface area contributed by atoms with Crippen molar-refractivity contribution in [2.75, 3.05) is 7.11 Å². The highest BCUT2D eigenvalue weighted by atomic mass is 79.9. The van der Waals surface area contributed by atoms with Gasteiger partial charge >= 0.3 is 5.97 Å². The number of hydrogen-bond acceptors (Lipinski definition) is 3. The SMILES string of the molecule is COCc1cccc(Br)c1C(O)C(=O)O. The van der Waals surface area contributed by atoms with Gasteiger partial charge in [0.1, 0.15) is 0 Å². The number of carboxylic acid groups (broad SMARTS) is 1. The van der Waals surface area contributed by atoms with E-state index in [1.54, 1.807) is 18.2 Å². The second-order valence-electron chi connectivity index (χ2n) is 2.99. The lowest BCUT2D eigenvalue weighted by Gasteiger charge is -2.13. The molecule has 0 saturated carbocycles. The summed E-state index contributed by atoms with van der Waals surface area (Å²) < 4.78 is 5.49. The van der Waals surface area contributed by atoms with Gasteiger partial charge in [-0.05, 0) is 11.6 Å². The van der Waals surface area contributed by atoms with Crippen molar-refractivity contribution in [3.8, 4) is 0 Å². The van der Waals surface area contributed by atoms with Crippen LogP contribution in [0.2, 0.25) is 0 Å². The van der Waals surface area contributed by atoms with Crippen molar-refractivity contribution in [3.05, 3.63) is 33.8 Å². The second kappa shape index (κ2) is 5.25. The molecule has 0 fully saturated rings. The fraction of sp³-hybridized carbons (Fsp3) is 0.300. The molecule has 1 atom stereocenters. The molecule has 4 nitrogen and oxygen atoms in total. The van der Waals surface area contributed by atoms with E-state index in [0.29, 0.717) is 15.6 Å². The van der Waals surface area contributed by atoms with Crippen LogP contribution in [0.1, 0.15) is 17.2 Å². The zero-order chi connectivity index (χ0) is 11.4. The maximum atomic E-state index is 10.7. The lowest BCUT2D eigenvalue weighted by atomic mass is 10.0. The number of rotatable bonds is 4. The molecule has 0 saturated heterocycles. The van der Waals surface area contributed by atoms with Gasteiger partial charge in [-0.2, -0.15) is 0 Å². The van der Waals surface area contributed by atoms with Gasteiger partial charge in [-0.15, -0.1) is 0 Å². The Morgan fingerprint density at radius 3 is 2.80 bits per heavy atom. The van der Waals surface area contributed by atoms with Crippen LogP contribution in [0.3, 0.4) is 0 Å². The first-order valence-corrected chi connectivity index (χ1v) is 5.04. The molecule has 0 aliphatic heterocycles. The number of carboxylic acids is 1. The Labute approximate surface area is 95.6 Å². The van der Waals surface area contributed by atoms with E-state index in [9.17, 15) is 9.90 Å². The minimum absolute atomic E-state index is 0.263. The molecule has 15 heavy (non-hydrogen) atoms. The maximum Gasteiger partial charge on any atom is 0.337 e. The molecular formula is C10H11BrO4. The Hall–Kier alpha value is -0.910. The third-order valence-electron chi connectivity index (χ3n) is 1.95. The summed E-state index contributed by atoms with van der Waals surface area (Å²) in [5.74, 6) is -1.28. The molecule has 0 aliphatic carbocycles. The van der Waals surface area contributed by atoms with E-state index in [4.69, 9.17) is 9.84 Å². The van der Waals surface area contributed by atoms with Crippen molar-refractivity contribution in [2.45, 2.75) is 12.7 Å². The predicted molar refractivity (Wildman–Crippen MR) is 57.5 cm³/mol. The van der Waals surface area contributed by atoms with Gasteiger partial charge < -0.3 is 14.9 Å². The van der Waals surface area contributed by atoms with Crippen molar-refractivity contribution >= 4 is 21.9 Å². The molecule has 1 aromatic rings. The molecule has 0 heterocycles. The van der Waals surface area contributed by atoms with Crippen LogP contribution in [0.25, 0.3) is 0 Å². The van der Waals surface area contributed by atoms with Crippen molar-refractivity contribution in [1.29, 1.82) is 0 Å². The number of aliphatic hydroxyl groups excluding tert-OH is 1. The van der Waals surface area contributed by atoms with Crippen LogP contribution in [0.5, 0.6) is 0 Å². The predicted octanol–water partition coefficient (Wildman–Crippen LogP) is 1.71. The van der Waals surface area contributed by atoms with Gasteiger partial charge in [0.2, 0.25) is 0 Å². The van der Waals surface area contributed by atoms with Crippen LogP contribution in [-0.4, -0.2) is 23.3 Å². The van der Waals surface area contributed by atoms with Crippen molar-refractivity contribution in [2.24, 2.45) is 0 Å². The van der Waals surface area contributed by atoms with Gasteiger partial charge in [-0.25, -0.2) is 4.79 Å². The lowest BCUT2D eigenvalue weighted by Crippen LogP contribution is -2.13. The standard InChI is InChI=1S/C10H11BrO4/c1-15-5-6-3-2-4-7(11)8(6)9(12)10(13)14/h2-4,9,12H,5H2,1H3,(H,13,14). The van der Waals surface area contributed by atoms with Gasteiger partial charge in [0.15, 0.2) is 6.10 Å². The van der Waals surface area contributed by atoms with Gasteiger partial charge in [-0.1, -0.05) is 28.1 Å². The monoisotopic (exact) mass is 274 g/mol. The Bertz CT molecular complexity index is 364. The first-order chi connectivity index (χ1) is 7.07. The lowest BCUT2D eigenvalue weighted by molar-refractivity contribution is -0.147. The number of aliphatic carboxylic acids is 1. The number of ether oxygens (including phenoxy) is 1. The Morgan fingerprint density at radius 1 is 1.60 bits per heavy atom. The molecule has 0 aromatic heterocycles. The minimum Gasteiger partial charge on any atom is -0.479 e. The van der Waals surface area contributed by atoms with Crippen molar-refractivity contribution in [3.63, 3.8) is 0 Å². The van der Waals surface area contributed by atoms with Crippen LogP contribution in [0.4, 0.5) is 0 Å². The number of benzene rings is 1. The van der Waals surface area contributed by atoms with Crippen LogP contribution >= 0.6 is 15.9 Å². The molecule has 0 bridgehead atoms. The molecule has 2 N–H and O–H groups in total. The van der Waals surface area contributed by atoms with Crippen LogP contribution in [-0.2, 0) is 16.1 Å². The fourth-order valence-electron chi connectivity index (χ4n) is 1.29. The highest BCUT2D eigenvalue weighted by Gasteiger charge is 2.21. The molecule has 82 valence electrons. The number of carbonyl (C=O) groups is 1. The van der Waals surface area contributed by atoms with E-state index >= 15 is 0 Å². The van der Waals surface area contributed by atoms with Crippen molar-refractivity contribution in [1.82, 2.24) is 0 Å². The number of methoxy groups -OCH3 is 1. The average Bonchev–Trinajstić information content (AvgIpc) is 2.17. The molecule has 0 radical (unpaired) electrons. The van der Waals surface area contributed by atoms with Crippen LogP contribution in [0, 0.1) is 0 Å². The van der Waals surface area contributed by atoms with Gasteiger partial charge in [0.25, 0.3) is 0 Å². The normalized spacial score (nSPS) is 12.5. The van der Waals surface area contributed by atoms with Crippen LogP contribution < -0.4 is 0 Å². The topological polar surface area (TPSA) is 66.8 Å². The Kier molecular flexibility index (Phi) is 4.26. The summed E-state index contributed by atoms with van der Waals surface area (Å²) in [7, 11) is 1.51. The maximum absolute atomic E-state index is 10.7. The fourth-order valence-corrected chi connectivity index (χ4v) is 1.92. The number of hydrogen-bond donors (Lipinski definition) is 2. The third kappa shape index (κ3) is 2.77. The zero-order valence-electron chi connectivity index (χ0n) is 8.11. The van der Waals surface area contributed by atoms with Gasteiger partial charge in [0.05, 0.1) is 6.61 Å².